The van der Waals surface area contributed by atoms with Crippen molar-refractivity contribution in [1.82, 2.24) is 0 Å². The van der Waals surface area contributed by atoms with E-state index in [1.807, 2.05) is 0 Å². The van der Waals surface area contributed by atoms with Gasteiger partial charge < -0.3 is 0 Å². The SMILES string of the molecule is N#CC(C#N)=C(Cl)N=P(Cl)(Cl)Cl. The zero-order chi connectivity index (χ0) is 9.78. The molecule has 0 aliphatic rings. The molecule has 64 valence electrons. The number of hydrogen-bond donors (Lipinski definition) is 0. The summed E-state index contributed by atoms with van der Waals surface area (Å²) in [6.07, 6.45) is 0. The van der Waals surface area contributed by atoms with Crippen LogP contribution >= 0.6 is 50.4 Å². The smallest absolute Gasteiger partial charge is 0.209 e. The summed E-state index contributed by atoms with van der Waals surface area (Å²) in [5.74, 6) is 0. The maximum Gasteiger partial charge on any atom is 0.230 e. The van der Waals surface area contributed by atoms with Gasteiger partial charge in [0.05, 0.1) is 0 Å². The Morgan fingerprint density at radius 3 is 1.83 bits per heavy atom. The zero-order valence-electron chi connectivity index (χ0n) is 5.30. The van der Waals surface area contributed by atoms with Crippen molar-refractivity contribution in [3.63, 3.8) is 0 Å². The van der Waals surface area contributed by atoms with Gasteiger partial charge in [-0.05, 0) is 33.7 Å². The number of allylic oxidation sites excluding steroid dienone is 1. The van der Waals surface area contributed by atoms with Crippen LogP contribution in [0.15, 0.2) is 15.5 Å². The predicted octanol–water partition coefficient (Wildman–Crippen LogP) is 4.15. The van der Waals surface area contributed by atoms with Crippen molar-refractivity contribution in [3.8, 4) is 12.1 Å². The van der Waals surface area contributed by atoms with Crippen LogP contribution in [0, 0.1) is 22.7 Å². The molecule has 12 heavy (non-hydrogen) atoms. The van der Waals surface area contributed by atoms with Crippen LogP contribution < -0.4 is 0 Å². The average molecular weight is 263 g/mol. The molecule has 0 spiro atoms. The Morgan fingerprint density at radius 2 is 1.58 bits per heavy atom. The lowest BCUT2D eigenvalue weighted by atomic mass is 10.4. The Hall–Kier alpha value is 0.110. The van der Waals surface area contributed by atoms with Crippen LogP contribution in [0.1, 0.15) is 0 Å². The zero-order valence-corrected chi connectivity index (χ0v) is 9.22. The summed E-state index contributed by atoms with van der Waals surface area (Å²) in [7, 11) is 0. The molecule has 0 saturated carbocycles. The molecule has 0 aromatic heterocycles. The Labute approximate surface area is 88.5 Å². The topological polar surface area (TPSA) is 59.9 Å². The van der Waals surface area contributed by atoms with Crippen LogP contribution in [-0.2, 0) is 0 Å². The number of nitriles is 2. The molecule has 0 atom stereocenters. The summed E-state index contributed by atoms with van der Waals surface area (Å²) in [6, 6.07) is 3.02. The van der Waals surface area contributed by atoms with E-state index in [1.165, 1.54) is 12.1 Å². The Morgan fingerprint density at radius 1 is 1.17 bits per heavy atom. The van der Waals surface area contributed by atoms with Crippen molar-refractivity contribution in [2.75, 3.05) is 0 Å². The summed E-state index contributed by atoms with van der Waals surface area (Å²) in [5, 5.41) is 13.2. The van der Waals surface area contributed by atoms with Crippen molar-refractivity contribution in [1.29, 1.82) is 10.5 Å². The fourth-order valence-corrected chi connectivity index (χ4v) is 2.02. The van der Waals surface area contributed by atoms with Gasteiger partial charge in [0.25, 0.3) is 0 Å². The monoisotopic (exact) mass is 261 g/mol. The van der Waals surface area contributed by atoms with Crippen LogP contribution in [0.5, 0.6) is 0 Å². The third kappa shape index (κ3) is 4.88. The van der Waals surface area contributed by atoms with Crippen molar-refractivity contribution in [2.45, 2.75) is 0 Å². The van der Waals surface area contributed by atoms with Crippen LogP contribution in [0.25, 0.3) is 0 Å². The lowest BCUT2D eigenvalue weighted by Crippen LogP contribution is -1.74. The number of nitrogens with zero attached hydrogens (tertiary/aromatic N) is 3. The molecule has 0 aromatic carbocycles. The molecular formula is C4Cl4N3P. The van der Waals surface area contributed by atoms with E-state index in [0.717, 1.165) is 0 Å². The highest BCUT2D eigenvalue weighted by atomic mass is 36.0. The Balaban J connectivity index is 5.13. The minimum absolute atomic E-state index is 0.367. The first-order chi connectivity index (χ1) is 5.40. The Bertz CT molecular complexity index is 316. The maximum atomic E-state index is 8.30. The van der Waals surface area contributed by atoms with Gasteiger partial charge in [-0.3, -0.25) is 0 Å². The molecule has 0 unspecified atom stereocenters. The highest BCUT2D eigenvalue weighted by Crippen LogP contribution is 2.66. The molecule has 0 N–H and O–H groups in total. The average Bonchev–Trinajstić information content (AvgIpc) is 1.85. The fraction of sp³-hybridized carbons (Fsp3) is 0. The van der Waals surface area contributed by atoms with Gasteiger partial charge in [-0.15, -0.1) is 0 Å². The van der Waals surface area contributed by atoms with Crippen molar-refractivity contribution < 1.29 is 0 Å². The van der Waals surface area contributed by atoms with Crippen LogP contribution in [-0.4, -0.2) is 0 Å². The largest absolute Gasteiger partial charge is 0.230 e. The van der Waals surface area contributed by atoms with Gasteiger partial charge in [0.2, 0.25) is 5.11 Å². The van der Waals surface area contributed by atoms with Crippen LogP contribution in [0.2, 0.25) is 0 Å². The minimum Gasteiger partial charge on any atom is -0.209 e. The molecule has 8 heteroatoms. The second kappa shape index (κ2) is 4.97. The van der Waals surface area contributed by atoms with Crippen LogP contribution in [0.4, 0.5) is 0 Å². The fourth-order valence-electron chi connectivity index (χ4n) is 0.267. The van der Waals surface area contributed by atoms with Gasteiger partial charge in [-0.2, -0.15) is 10.5 Å². The summed E-state index contributed by atoms with van der Waals surface area (Å²) < 4.78 is 3.36. The maximum absolute atomic E-state index is 8.30. The van der Waals surface area contributed by atoms with Gasteiger partial charge in [0, 0.05) is 0 Å². The first kappa shape index (κ1) is 12.1. The molecule has 0 heterocycles. The lowest BCUT2D eigenvalue weighted by Gasteiger charge is -1.95. The van der Waals surface area contributed by atoms with E-state index in [0.29, 0.717) is 0 Å². The third-order valence-corrected chi connectivity index (χ3v) is 2.13. The molecule has 0 rings (SSSR count). The van der Waals surface area contributed by atoms with E-state index in [1.54, 1.807) is 0 Å². The highest BCUT2D eigenvalue weighted by molar-refractivity contribution is 8.26. The van der Waals surface area contributed by atoms with Gasteiger partial charge in [-0.25, -0.2) is 4.74 Å². The summed E-state index contributed by atoms with van der Waals surface area (Å²) in [6.45, 7) is 0. The van der Waals surface area contributed by atoms with E-state index in [-0.39, 0.29) is 10.7 Å². The molecule has 0 radical (unpaired) electrons. The number of rotatable bonds is 1. The molecule has 0 aromatic rings. The summed E-state index contributed by atoms with van der Waals surface area (Å²) in [5.41, 5.74) is -0.372. The second-order valence-corrected chi connectivity index (χ2v) is 8.76. The minimum atomic E-state index is -3.00. The van der Waals surface area contributed by atoms with Crippen LogP contribution in [0.3, 0.4) is 0 Å². The first-order valence-corrected chi connectivity index (χ1v) is 7.15. The van der Waals surface area contributed by atoms with Gasteiger partial charge >= 0.3 is 0 Å². The van der Waals surface area contributed by atoms with Gasteiger partial charge in [-0.1, -0.05) is 11.6 Å². The van der Waals surface area contributed by atoms with Crippen molar-refractivity contribution in [3.05, 3.63) is 10.7 Å². The molecule has 0 saturated heterocycles. The van der Waals surface area contributed by atoms with Crippen molar-refractivity contribution in [2.24, 2.45) is 4.74 Å². The van der Waals surface area contributed by atoms with Gasteiger partial charge in [0.1, 0.15) is 12.1 Å². The van der Waals surface area contributed by atoms with E-state index in [9.17, 15) is 0 Å². The standard InChI is InChI=1S/C4Cl4N3P/c5-4(3(1-9)2-10)11-12(6,7)8. The predicted molar refractivity (Wildman–Crippen MR) is 51.0 cm³/mol. The van der Waals surface area contributed by atoms with E-state index in [2.05, 4.69) is 4.74 Å². The molecular weight excluding hydrogens is 263 g/mol. The number of hydrogen-bond acceptors (Lipinski definition) is 3. The molecule has 0 aliphatic heterocycles. The number of halogens is 4. The lowest BCUT2D eigenvalue weighted by molar-refractivity contribution is 1.42. The molecule has 0 aliphatic carbocycles. The van der Waals surface area contributed by atoms with E-state index < -0.39 is 5.11 Å². The summed E-state index contributed by atoms with van der Waals surface area (Å²) >= 11 is 21.3. The summed E-state index contributed by atoms with van der Waals surface area (Å²) in [4.78, 5) is 0. The Kier molecular flexibility index (Phi) is 5.02. The second-order valence-electron chi connectivity index (χ2n) is 1.41. The molecule has 0 amide bonds. The van der Waals surface area contributed by atoms with Crippen molar-refractivity contribution >= 4 is 50.4 Å². The first-order valence-electron chi connectivity index (χ1n) is 2.32. The quantitative estimate of drug-likeness (QED) is 0.405. The normalized spacial score (nSPS) is 9.50. The highest BCUT2D eigenvalue weighted by Gasteiger charge is 2.09. The van der Waals surface area contributed by atoms with E-state index >= 15 is 0 Å². The molecule has 3 nitrogen and oxygen atoms in total. The third-order valence-electron chi connectivity index (χ3n) is 0.631. The molecule has 0 fully saturated rings. The van der Waals surface area contributed by atoms with Gasteiger partial charge in [0.15, 0.2) is 10.7 Å². The van der Waals surface area contributed by atoms with E-state index in [4.69, 9.17) is 55.8 Å². The molecule has 0 bridgehead atoms.